The largest absolute Gasteiger partial charge is 1.00 e. The van der Waals surface area contributed by atoms with Crippen LogP contribution in [0.15, 0.2) is 91.0 Å². The Labute approximate surface area is 171 Å². The zero-order chi connectivity index (χ0) is 16.5. The van der Waals surface area contributed by atoms with Gasteiger partial charge in [-0.15, -0.1) is 0 Å². The standard InChI is InChI=1S/C18H15P.Na.HO3P.H2O/c1-4-10-16(11-5-1)19(17-12-6-2-7-13-17)18-14-8-3-9-15-18;;1-4(2)3;/h1-15H;;(H,1,2,3);1H2/q;+1;;. The van der Waals surface area contributed by atoms with Crippen molar-refractivity contribution >= 4 is 32.1 Å². The summed E-state index contributed by atoms with van der Waals surface area (Å²) in [4.78, 5) is 15.6. The van der Waals surface area contributed by atoms with Crippen LogP contribution >= 0.6 is 16.2 Å². The van der Waals surface area contributed by atoms with E-state index in [0.29, 0.717) is 0 Å². The Kier molecular flexibility index (Phi) is 12.8. The molecule has 1 atom stereocenters. The van der Waals surface area contributed by atoms with E-state index >= 15 is 0 Å². The van der Waals surface area contributed by atoms with Gasteiger partial charge in [-0.1, -0.05) is 54.6 Å². The second-order valence-electron chi connectivity index (χ2n) is 4.71. The van der Waals surface area contributed by atoms with Crippen molar-refractivity contribution in [2.45, 2.75) is 0 Å². The van der Waals surface area contributed by atoms with Gasteiger partial charge in [0.2, 0.25) is 0 Å². The summed E-state index contributed by atoms with van der Waals surface area (Å²) in [5.74, 6) is 0. The van der Waals surface area contributed by atoms with Crippen molar-refractivity contribution in [1.82, 2.24) is 0 Å². The van der Waals surface area contributed by atoms with Gasteiger partial charge in [0.1, 0.15) is 15.9 Å². The molecule has 0 heterocycles. The minimum atomic E-state index is -3.12. The quantitative estimate of drug-likeness (QED) is 0.464. The third-order valence-corrected chi connectivity index (χ3v) is 5.92. The summed E-state index contributed by atoms with van der Waals surface area (Å²) in [6.07, 6.45) is 0. The Morgan fingerprint density at radius 1 is 0.680 bits per heavy atom. The van der Waals surface area contributed by atoms with Crippen LogP contribution in [0.5, 0.6) is 0 Å². The van der Waals surface area contributed by atoms with Crippen molar-refractivity contribution in [3.05, 3.63) is 91.0 Å². The Morgan fingerprint density at radius 2 is 0.880 bits per heavy atom. The molecular weight excluding hydrogens is 365 g/mol. The normalized spacial score (nSPS) is 9.80. The molecule has 3 rings (SSSR count). The fourth-order valence-corrected chi connectivity index (χ4v) is 4.89. The van der Waals surface area contributed by atoms with Gasteiger partial charge in [0.15, 0.2) is 0 Å². The predicted octanol–water partition coefficient (Wildman–Crippen LogP) is -0.999. The first-order chi connectivity index (χ1) is 11.2. The summed E-state index contributed by atoms with van der Waals surface area (Å²) in [5, 5.41) is 4.31. The Balaban J connectivity index is 0.000000874. The van der Waals surface area contributed by atoms with Crippen molar-refractivity contribution in [1.29, 1.82) is 0 Å². The van der Waals surface area contributed by atoms with Crippen molar-refractivity contribution in [3.63, 3.8) is 0 Å². The molecule has 124 valence electrons. The van der Waals surface area contributed by atoms with Gasteiger partial charge in [-0.3, -0.25) is 0 Å². The van der Waals surface area contributed by atoms with Crippen molar-refractivity contribution in [2.24, 2.45) is 0 Å². The number of benzene rings is 3. The van der Waals surface area contributed by atoms with E-state index in [-0.39, 0.29) is 35.0 Å². The molecule has 0 saturated carbocycles. The van der Waals surface area contributed by atoms with Gasteiger partial charge in [0, 0.05) is 0 Å². The molecule has 0 aliphatic carbocycles. The van der Waals surface area contributed by atoms with Crippen LogP contribution in [-0.4, -0.2) is 10.4 Å². The van der Waals surface area contributed by atoms with E-state index in [0.717, 1.165) is 0 Å². The molecule has 3 aromatic carbocycles. The monoisotopic (exact) mass is 383 g/mol. The first-order valence-corrected chi connectivity index (χ1v) is 9.68. The smallest absolute Gasteiger partial charge is 0.870 e. The molecule has 1 unspecified atom stereocenters. The van der Waals surface area contributed by atoms with Crippen LogP contribution in [0.25, 0.3) is 0 Å². The molecule has 3 aromatic rings. The van der Waals surface area contributed by atoms with Crippen LogP contribution in [0, 0.1) is 0 Å². The first kappa shape index (κ1) is 24.1. The van der Waals surface area contributed by atoms with Crippen LogP contribution < -0.4 is 50.4 Å². The molecule has 7 heteroatoms. The fraction of sp³-hybridized carbons (Fsp3) is 0. The topological polar surface area (TPSA) is 90.4 Å². The number of hydrogen-bond donors (Lipinski definition) is 1. The van der Waals surface area contributed by atoms with E-state index in [2.05, 4.69) is 91.0 Å². The Hall–Kier alpha value is -0.930. The molecular formula is C18H18NaO4P2+. The summed E-state index contributed by atoms with van der Waals surface area (Å²) in [6, 6.07) is 32.5. The average molecular weight is 383 g/mol. The Morgan fingerprint density at radius 3 is 1.08 bits per heavy atom. The van der Waals surface area contributed by atoms with Crippen molar-refractivity contribution in [2.75, 3.05) is 0 Å². The molecule has 4 nitrogen and oxygen atoms in total. The van der Waals surface area contributed by atoms with Gasteiger partial charge < -0.3 is 10.4 Å². The van der Waals surface area contributed by atoms with Gasteiger partial charge in [-0.05, 0) is 41.0 Å². The summed E-state index contributed by atoms with van der Waals surface area (Å²) >= 11 is 0. The zero-order valence-electron chi connectivity index (χ0n) is 13.8. The SMILES string of the molecule is O=[P+]([O-])O.[Na+].[OH-].c1ccc([PH+](c2ccccc2)c2ccccc2)cc1. The minimum absolute atomic E-state index is 0. The molecule has 0 saturated heterocycles. The predicted molar refractivity (Wildman–Crippen MR) is 98.3 cm³/mol. The van der Waals surface area contributed by atoms with E-state index in [1.54, 1.807) is 0 Å². The molecule has 0 aliphatic rings. The summed E-state index contributed by atoms with van der Waals surface area (Å²) in [7, 11) is -4.00. The van der Waals surface area contributed by atoms with E-state index in [1.807, 2.05) is 0 Å². The molecule has 0 bridgehead atoms. The van der Waals surface area contributed by atoms with Crippen LogP contribution in [-0.2, 0) is 4.57 Å². The molecule has 25 heavy (non-hydrogen) atoms. The van der Waals surface area contributed by atoms with Crippen LogP contribution in [0.2, 0.25) is 0 Å². The molecule has 2 N–H and O–H groups in total. The molecule has 0 aliphatic heterocycles. The molecule has 0 aromatic heterocycles. The average Bonchev–Trinajstić information content (AvgIpc) is 2.58. The van der Waals surface area contributed by atoms with E-state index in [1.165, 1.54) is 15.9 Å². The maximum atomic E-state index is 8.59. The summed E-state index contributed by atoms with van der Waals surface area (Å²) < 4.78 is 8.59. The van der Waals surface area contributed by atoms with Gasteiger partial charge in [-0.25, -0.2) is 0 Å². The Bertz CT molecular complexity index is 630. The number of rotatable bonds is 3. The molecule has 0 amide bonds. The van der Waals surface area contributed by atoms with Gasteiger partial charge >= 0.3 is 37.8 Å². The molecule has 0 spiro atoms. The third-order valence-electron chi connectivity index (χ3n) is 3.19. The minimum Gasteiger partial charge on any atom is -0.870 e. The summed E-state index contributed by atoms with van der Waals surface area (Å²) in [6.45, 7) is 0. The van der Waals surface area contributed by atoms with Crippen LogP contribution in [0.3, 0.4) is 0 Å². The van der Waals surface area contributed by atoms with Gasteiger partial charge in [0.05, 0.1) is 7.92 Å². The fourth-order valence-electron chi connectivity index (χ4n) is 2.31. The maximum Gasteiger partial charge on any atom is 1.00 e. The second kappa shape index (κ2) is 13.3. The second-order valence-corrected chi connectivity index (χ2v) is 7.67. The van der Waals surface area contributed by atoms with Gasteiger partial charge in [0.25, 0.3) is 0 Å². The third kappa shape index (κ3) is 8.33. The maximum absolute atomic E-state index is 8.59. The first-order valence-electron chi connectivity index (χ1n) is 7.05. The summed E-state index contributed by atoms with van der Waals surface area (Å²) in [5.41, 5.74) is 0. The van der Waals surface area contributed by atoms with Crippen molar-refractivity contribution in [3.8, 4) is 0 Å². The van der Waals surface area contributed by atoms with Crippen molar-refractivity contribution < 1.29 is 49.4 Å². The zero-order valence-corrected chi connectivity index (χ0v) is 17.7. The van der Waals surface area contributed by atoms with Crippen LogP contribution in [0.1, 0.15) is 0 Å². The number of hydrogen-bond acceptors (Lipinski definition) is 3. The van der Waals surface area contributed by atoms with E-state index < -0.39 is 16.2 Å². The van der Waals surface area contributed by atoms with E-state index in [4.69, 9.17) is 14.4 Å². The van der Waals surface area contributed by atoms with E-state index in [9.17, 15) is 0 Å². The molecule has 0 fully saturated rings. The molecule has 0 radical (unpaired) electrons. The van der Waals surface area contributed by atoms with Crippen LogP contribution in [0.4, 0.5) is 0 Å². The van der Waals surface area contributed by atoms with Gasteiger partial charge in [-0.2, -0.15) is 4.89 Å².